The Labute approximate surface area is 158 Å². The molecule has 140 valence electrons. The molecule has 2 atom stereocenters. The Morgan fingerprint density at radius 2 is 1.77 bits per heavy atom. The Bertz CT molecular complexity index is 688. The molecule has 0 aromatic heterocycles. The number of hydrogen-bond donors (Lipinski definition) is 1. The average Bonchev–Trinajstić information content (AvgIpc) is 2.61. The van der Waals surface area contributed by atoms with Gasteiger partial charge in [-0.05, 0) is 81.1 Å². The molecule has 4 bridgehead atoms. The fraction of sp³-hybridized carbons (Fsp3) is 0.708. The maximum atomic E-state index is 13.5. The van der Waals surface area contributed by atoms with Gasteiger partial charge in [-0.1, -0.05) is 49.1 Å². The molecule has 26 heavy (non-hydrogen) atoms. The van der Waals surface area contributed by atoms with E-state index in [0.717, 1.165) is 31.1 Å². The van der Waals surface area contributed by atoms with Gasteiger partial charge in [0.2, 0.25) is 5.91 Å². The predicted molar refractivity (Wildman–Crippen MR) is 105 cm³/mol. The average molecular weight is 352 g/mol. The molecule has 2 nitrogen and oxygen atoms in total. The number of carbonyl (C=O) groups excluding carboxylic acids is 1. The van der Waals surface area contributed by atoms with Crippen LogP contribution in [0.2, 0.25) is 0 Å². The zero-order chi connectivity index (χ0) is 17.8. The summed E-state index contributed by atoms with van der Waals surface area (Å²) in [5.74, 6) is 1.93. The van der Waals surface area contributed by atoms with Crippen molar-refractivity contribution in [3.63, 3.8) is 0 Å². The van der Waals surface area contributed by atoms with E-state index in [9.17, 15) is 4.79 Å². The molecule has 1 amide bonds. The first-order chi connectivity index (χ1) is 12.6. The van der Waals surface area contributed by atoms with Crippen LogP contribution in [0.15, 0.2) is 24.3 Å². The zero-order valence-electron chi connectivity index (χ0n) is 16.2. The van der Waals surface area contributed by atoms with Crippen molar-refractivity contribution in [2.75, 3.05) is 0 Å². The third-order valence-electron chi connectivity index (χ3n) is 8.11. The quantitative estimate of drug-likeness (QED) is 0.788. The lowest BCUT2D eigenvalue weighted by atomic mass is 9.42. The Kier molecular flexibility index (Phi) is 3.95. The van der Waals surface area contributed by atoms with Gasteiger partial charge < -0.3 is 5.32 Å². The smallest absolute Gasteiger partial charge is 0.226 e. The summed E-state index contributed by atoms with van der Waals surface area (Å²) in [5.41, 5.74) is 3.06. The van der Waals surface area contributed by atoms with Crippen LogP contribution in [0, 0.1) is 24.2 Å². The van der Waals surface area contributed by atoms with Gasteiger partial charge in [-0.25, -0.2) is 0 Å². The van der Waals surface area contributed by atoms with E-state index in [0.29, 0.717) is 11.9 Å². The van der Waals surface area contributed by atoms with E-state index >= 15 is 0 Å². The molecule has 5 saturated carbocycles. The lowest BCUT2D eigenvalue weighted by Gasteiger charge is -2.61. The second kappa shape index (κ2) is 6.11. The minimum atomic E-state index is -0.0781. The largest absolute Gasteiger partial charge is 0.353 e. The van der Waals surface area contributed by atoms with Gasteiger partial charge in [0.05, 0.1) is 5.41 Å². The molecule has 5 fully saturated rings. The van der Waals surface area contributed by atoms with Gasteiger partial charge in [0.25, 0.3) is 0 Å². The van der Waals surface area contributed by atoms with E-state index in [4.69, 9.17) is 0 Å². The van der Waals surface area contributed by atoms with Crippen LogP contribution in [-0.2, 0) is 10.2 Å². The molecule has 1 aromatic rings. The third kappa shape index (κ3) is 2.72. The SMILES string of the molecule is Cc1cccc(C23CC4CC(CC(C(=O)NC5CCCCC5)(C4)C2)C3)c1. The third-order valence-corrected chi connectivity index (χ3v) is 8.11. The van der Waals surface area contributed by atoms with E-state index in [2.05, 4.69) is 36.5 Å². The van der Waals surface area contributed by atoms with E-state index in [-0.39, 0.29) is 10.8 Å². The van der Waals surface area contributed by atoms with Crippen molar-refractivity contribution in [2.24, 2.45) is 17.3 Å². The standard InChI is InChI=1S/C24H33NO/c1-17-6-5-7-20(10-17)23-12-18-11-19(13-23)15-24(14-18,16-23)22(26)25-21-8-3-2-4-9-21/h5-7,10,18-19,21H,2-4,8-9,11-16H2,1H3,(H,25,26). The van der Waals surface area contributed by atoms with Crippen LogP contribution in [0.4, 0.5) is 0 Å². The van der Waals surface area contributed by atoms with Gasteiger partial charge in [-0.15, -0.1) is 0 Å². The monoisotopic (exact) mass is 351 g/mol. The Hall–Kier alpha value is -1.31. The second-order valence-electron chi connectivity index (χ2n) is 10.2. The van der Waals surface area contributed by atoms with Crippen molar-refractivity contribution in [2.45, 2.75) is 89.0 Å². The molecule has 1 N–H and O–H groups in total. The fourth-order valence-electron chi connectivity index (χ4n) is 7.43. The lowest BCUT2D eigenvalue weighted by Crippen LogP contribution is -2.60. The summed E-state index contributed by atoms with van der Waals surface area (Å²) in [6.07, 6.45) is 13.7. The minimum absolute atomic E-state index is 0.0781. The summed E-state index contributed by atoms with van der Waals surface area (Å²) in [7, 11) is 0. The number of benzene rings is 1. The van der Waals surface area contributed by atoms with Gasteiger partial charge >= 0.3 is 0 Å². The highest BCUT2D eigenvalue weighted by Crippen LogP contribution is 2.65. The summed E-state index contributed by atoms with van der Waals surface area (Å²) < 4.78 is 0. The van der Waals surface area contributed by atoms with Crippen molar-refractivity contribution in [1.29, 1.82) is 0 Å². The highest BCUT2D eigenvalue weighted by Gasteiger charge is 2.61. The van der Waals surface area contributed by atoms with Crippen LogP contribution in [0.1, 0.15) is 81.8 Å². The number of aryl methyl sites for hydroxylation is 1. The summed E-state index contributed by atoms with van der Waals surface area (Å²) >= 11 is 0. The van der Waals surface area contributed by atoms with Crippen molar-refractivity contribution in [3.8, 4) is 0 Å². The predicted octanol–water partition coefficient (Wildman–Crippen LogP) is 5.28. The fourth-order valence-corrected chi connectivity index (χ4v) is 7.43. The van der Waals surface area contributed by atoms with E-state index in [1.807, 2.05) is 0 Å². The van der Waals surface area contributed by atoms with Crippen molar-refractivity contribution < 1.29 is 4.79 Å². The second-order valence-corrected chi connectivity index (χ2v) is 10.2. The molecule has 0 heterocycles. The van der Waals surface area contributed by atoms with Crippen molar-refractivity contribution in [3.05, 3.63) is 35.4 Å². The van der Waals surface area contributed by atoms with Crippen LogP contribution in [0.3, 0.4) is 0 Å². The molecule has 2 heteroatoms. The zero-order valence-corrected chi connectivity index (χ0v) is 16.2. The summed E-state index contributed by atoms with van der Waals surface area (Å²) in [5, 5.41) is 3.52. The number of carbonyl (C=O) groups is 1. The van der Waals surface area contributed by atoms with Crippen LogP contribution in [0.25, 0.3) is 0 Å². The van der Waals surface area contributed by atoms with Crippen LogP contribution >= 0.6 is 0 Å². The Morgan fingerprint density at radius 1 is 1.04 bits per heavy atom. The van der Waals surface area contributed by atoms with E-state index in [1.165, 1.54) is 62.5 Å². The number of nitrogens with one attached hydrogen (secondary N) is 1. The van der Waals surface area contributed by atoms with Crippen LogP contribution in [-0.4, -0.2) is 11.9 Å². The van der Waals surface area contributed by atoms with Gasteiger partial charge in [0, 0.05) is 6.04 Å². The Morgan fingerprint density at radius 3 is 2.46 bits per heavy atom. The topological polar surface area (TPSA) is 29.1 Å². The number of rotatable bonds is 3. The summed E-state index contributed by atoms with van der Waals surface area (Å²) in [6, 6.07) is 9.61. The van der Waals surface area contributed by atoms with Gasteiger partial charge in [0.1, 0.15) is 0 Å². The molecular formula is C24H33NO. The van der Waals surface area contributed by atoms with Crippen molar-refractivity contribution in [1.82, 2.24) is 5.32 Å². The van der Waals surface area contributed by atoms with Crippen LogP contribution < -0.4 is 5.32 Å². The maximum absolute atomic E-state index is 13.5. The summed E-state index contributed by atoms with van der Waals surface area (Å²) in [6.45, 7) is 2.20. The molecule has 0 aliphatic heterocycles. The normalized spacial score (nSPS) is 39.1. The first kappa shape index (κ1) is 16.8. The molecule has 6 rings (SSSR count). The Balaban J connectivity index is 1.44. The molecule has 1 aromatic carbocycles. The van der Waals surface area contributed by atoms with Crippen LogP contribution in [0.5, 0.6) is 0 Å². The number of hydrogen-bond acceptors (Lipinski definition) is 1. The molecule has 0 radical (unpaired) electrons. The van der Waals surface area contributed by atoms with E-state index < -0.39 is 0 Å². The minimum Gasteiger partial charge on any atom is -0.353 e. The van der Waals surface area contributed by atoms with Crippen molar-refractivity contribution >= 4 is 5.91 Å². The molecular weight excluding hydrogens is 318 g/mol. The summed E-state index contributed by atoms with van der Waals surface area (Å²) in [4.78, 5) is 13.5. The highest BCUT2D eigenvalue weighted by molar-refractivity contribution is 5.83. The van der Waals surface area contributed by atoms with Gasteiger partial charge in [-0.3, -0.25) is 4.79 Å². The van der Waals surface area contributed by atoms with E-state index in [1.54, 1.807) is 0 Å². The number of amides is 1. The molecule has 0 spiro atoms. The maximum Gasteiger partial charge on any atom is 0.226 e. The highest BCUT2D eigenvalue weighted by atomic mass is 16.2. The van der Waals surface area contributed by atoms with Gasteiger partial charge in [-0.2, -0.15) is 0 Å². The first-order valence-corrected chi connectivity index (χ1v) is 11.0. The lowest BCUT2D eigenvalue weighted by molar-refractivity contribution is -0.150. The molecule has 5 aliphatic rings. The molecule has 0 saturated heterocycles. The van der Waals surface area contributed by atoms with Gasteiger partial charge in [0.15, 0.2) is 0 Å². The molecule has 5 aliphatic carbocycles. The molecule has 2 unspecified atom stereocenters. The first-order valence-electron chi connectivity index (χ1n) is 11.0.